The van der Waals surface area contributed by atoms with E-state index in [2.05, 4.69) is 5.32 Å². The summed E-state index contributed by atoms with van der Waals surface area (Å²) >= 11 is 0. The van der Waals surface area contributed by atoms with E-state index in [9.17, 15) is 8.78 Å². The molecule has 1 saturated heterocycles. The van der Waals surface area contributed by atoms with Gasteiger partial charge in [-0.2, -0.15) is 0 Å². The molecule has 1 aliphatic heterocycles. The number of hydrogen-bond donors (Lipinski definition) is 1. The standard InChI is InChI=1S/C10H20F2N2/c1-9(2)13-7-10(11,12)8-14-5-3-4-6-14/h9,13H,3-8H2,1-2H3. The predicted octanol–water partition coefficient (Wildman–Crippen LogP) is 1.72. The van der Waals surface area contributed by atoms with E-state index in [-0.39, 0.29) is 19.1 Å². The monoisotopic (exact) mass is 206 g/mol. The van der Waals surface area contributed by atoms with Crippen LogP contribution in [0.1, 0.15) is 26.7 Å². The van der Waals surface area contributed by atoms with Gasteiger partial charge in [0.15, 0.2) is 0 Å². The number of halogens is 2. The summed E-state index contributed by atoms with van der Waals surface area (Å²) in [5.74, 6) is -2.59. The van der Waals surface area contributed by atoms with Crippen LogP contribution in [0, 0.1) is 0 Å². The average molecular weight is 206 g/mol. The van der Waals surface area contributed by atoms with Gasteiger partial charge in [0, 0.05) is 6.04 Å². The lowest BCUT2D eigenvalue weighted by atomic mass is 10.3. The van der Waals surface area contributed by atoms with E-state index in [0.29, 0.717) is 0 Å². The first-order valence-corrected chi connectivity index (χ1v) is 5.33. The van der Waals surface area contributed by atoms with Gasteiger partial charge in [-0.3, -0.25) is 4.90 Å². The third kappa shape index (κ3) is 4.33. The van der Waals surface area contributed by atoms with Crippen molar-refractivity contribution in [2.75, 3.05) is 26.2 Å². The van der Waals surface area contributed by atoms with Crippen molar-refractivity contribution in [2.24, 2.45) is 0 Å². The van der Waals surface area contributed by atoms with Crippen LogP contribution >= 0.6 is 0 Å². The van der Waals surface area contributed by atoms with Crippen molar-refractivity contribution in [3.63, 3.8) is 0 Å². The molecule has 0 bridgehead atoms. The fraction of sp³-hybridized carbons (Fsp3) is 1.00. The Hall–Kier alpha value is -0.220. The molecule has 0 aliphatic carbocycles. The lowest BCUT2D eigenvalue weighted by Crippen LogP contribution is -2.44. The fourth-order valence-corrected chi connectivity index (χ4v) is 1.68. The maximum absolute atomic E-state index is 13.3. The van der Waals surface area contributed by atoms with Crippen LogP contribution in [0.4, 0.5) is 8.78 Å². The molecule has 2 nitrogen and oxygen atoms in total. The Labute approximate surface area is 84.7 Å². The molecule has 4 heteroatoms. The van der Waals surface area contributed by atoms with Gasteiger partial charge in [-0.05, 0) is 25.9 Å². The van der Waals surface area contributed by atoms with E-state index < -0.39 is 5.92 Å². The molecule has 84 valence electrons. The minimum Gasteiger partial charge on any atom is -0.309 e. The van der Waals surface area contributed by atoms with E-state index in [1.807, 2.05) is 18.7 Å². The molecule has 0 radical (unpaired) electrons. The van der Waals surface area contributed by atoms with Gasteiger partial charge in [0.05, 0.1) is 13.1 Å². The summed E-state index contributed by atoms with van der Waals surface area (Å²) in [5, 5.41) is 2.78. The molecule has 1 rings (SSSR count). The Morgan fingerprint density at radius 1 is 1.29 bits per heavy atom. The fourth-order valence-electron chi connectivity index (χ4n) is 1.68. The summed E-state index contributed by atoms with van der Waals surface area (Å²) in [4.78, 5) is 1.85. The van der Waals surface area contributed by atoms with Crippen molar-refractivity contribution in [1.29, 1.82) is 0 Å². The van der Waals surface area contributed by atoms with E-state index >= 15 is 0 Å². The smallest absolute Gasteiger partial charge is 0.272 e. The van der Waals surface area contributed by atoms with E-state index in [1.54, 1.807) is 0 Å². The molecule has 0 atom stereocenters. The normalized spacial score (nSPS) is 19.5. The van der Waals surface area contributed by atoms with E-state index in [1.165, 1.54) is 0 Å². The minimum atomic E-state index is -2.59. The van der Waals surface area contributed by atoms with Crippen molar-refractivity contribution in [3.8, 4) is 0 Å². The second-order valence-corrected chi connectivity index (χ2v) is 4.37. The van der Waals surface area contributed by atoms with Crippen LogP contribution in [0.2, 0.25) is 0 Å². The molecule has 0 aromatic rings. The molecule has 1 aliphatic rings. The van der Waals surface area contributed by atoms with Gasteiger partial charge in [0.1, 0.15) is 0 Å². The van der Waals surface area contributed by atoms with Crippen LogP contribution in [-0.2, 0) is 0 Å². The molecule has 0 saturated carbocycles. The van der Waals surface area contributed by atoms with Gasteiger partial charge >= 0.3 is 0 Å². The van der Waals surface area contributed by atoms with Gasteiger partial charge in [0.2, 0.25) is 0 Å². The van der Waals surface area contributed by atoms with Crippen LogP contribution in [0.3, 0.4) is 0 Å². The number of alkyl halides is 2. The Kier molecular flexibility index (Phi) is 4.26. The van der Waals surface area contributed by atoms with Crippen molar-refractivity contribution in [1.82, 2.24) is 10.2 Å². The second kappa shape index (κ2) is 5.03. The van der Waals surface area contributed by atoms with Gasteiger partial charge < -0.3 is 5.32 Å². The molecule has 1 N–H and O–H groups in total. The molecule has 1 fully saturated rings. The average Bonchev–Trinajstić information content (AvgIpc) is 2.53. The molecule has 0 aromatic carbocycles. The Bertz CT molecular complexity index is 166. The largest absolute Gasteiger partial charge is 0.309 e. The summed E-state index contributed by atoms with van der Waals surface area (Å²) in [5.41, 5.74) is 0. The molecule has 0 spiro atoms. The number of hydrogen-bond acceptors (Lipinski definition) is 2. The van der Waals surface area contributed by atoms with Crippen molar-refractivity contribution in [2.45, 2.75) is 38.7 Å². The molecule has 0 amide bonds. The highest BCUT2D eigenvalue weighted by Crippen LogP contribution is 2.18. The maximum Gasteiger partial charge on any atom is 0.272 e. The first-order chi connectivity index (χ1) is 6.49. The van der Waals surface area contributed by atoms with E-state index in [0.717, 1.165) is 25.9 Å². The Balaban J connectivity index is 2.25. The molecule has 1 heterocycles. The van der Waals surface area contributed by atoms with Gasteiger partial charge in [-0.15, -0.1) is 0 Å². The van der Waals surface area contributed by atoms with Crippen LogP contribution in [0.25, 0.3) is 0 Å². The quantitative estimate of drug-likeness (QED) is 0.736. The van der Waals surface area contributed by atoms with Crippen LogP contribution < -0.4 is 5.32 Å². The van der Waals surface area contributed by atoms with Crippen LogP contribution in [-0.4, -0.2) is 43.0 Å². The first-order valence-electron chi connectivity index (χ1n) is 5.33. The topological polar surface area (TPSA) is 15.3 Å². The highest BCUT2D eigenvalue weighted by molar-refractivity contribution is 4.78. The zero-order valence-electron chi connectivity index (χ0n) is 9.02. The maximum atomic E-state index is 13.3. The highest BCUT2D eigenvalue weighted by atomic mass is 19.3. The van der Waals surface area contributed by atoms with Gasteiger partial charge in [-0.1, -0.05) is 13.8 Å². The number of nitrogens with zero attached hydrogens (tertiary/aromatic N) is 1. The number of likely N-dealkylation sites (tertiary alicyclic amines) is 1. The van der Waals surface area contributed by atoms with Crippen LogP contribution in [0.15, 0.2) is 0 Å². The predicted molar refractivity (Wildman–Crippen MR) is 53.8 cm³/mol. The number of rotatable bonds is 5. The first kappa shape index (κ1) is 11.9. The second-order valence-electron chi connectivity index (χ2n) is 4.37. The lowest BCUT2D eigenvalue weighted by Gasteiger charge is -2.24. The van der Waals surface area contributed by atoms with Gasteiger partial charge in [-0.25, -0.2) is 8.78 Å². The summed E-state index contributed by atoms with van der Waals surface area (Å²) in [6.07, 6.45) is 2.13. The van der Waals surface area contributed by atoms with Crippen molar-refractivity contribution < 1.29 is 8.78 Å². The summed E-state index contributed by atoms with van der Waals surface area (Å²) < 4.78 is 26.7. The Morgan fingerprint density at radius 3 is 2.36 bits per heavy atom. The third-order valence-corrected chi connectivity index (χ3v) is 2.42. The lowest BCUT2D eigenvalue weighted by molar-refractivity contribution is -0.0267. The zero-order chi connectivity index (χ0) is 10.6. The summed E-state index contributed by atoms with van der Waals surface area (Å²) in [6, 6.07) is 0.124. The van der Waals surface area contributed by atoms with Crippen molar-refractivity contribution >= 4 is 0 Å². The molecular formula is C10H20F2N2. The molecule has 14 heavy (non-hydrogen) atoms. The highest BCUT2D eigenvalue weighted by Gasteiger charge is 2.32. The summed E-state index contributed by atoms with van der Waals surface area (Å²) in [7, 11) is 0. The zero-order valence-corrected chi connectivity index (χ0v) is 9.02. The SMILES string of the molecule is CC(C)NCC(F)(F)CN1CCCC1. The molecule has 0 unspecified atom stereocenters. The Morgan fingerprint density at radius 2 is 1.86 bits per heavy atom. The molecular weight excluding hydrogens is 186 g/mol. The van der Waals surface area contributed by atoms with E-state index in [4.69, 9.17) is 0 Å². The summed E-state index contributed by atoms with van der Waals surface area (Å²) in [6.45, 7) is 5.13. The number of nitrogens with one attached hydrogen (secondary N) is 1. The van der Waals surface area contributed by atoms with Crippen LogP contribution in [0.5, 0.6) is 0 Å². The van der Waals surface area contributed by atoms with Gasteiger partial charge in [0.25, 0.3) is 5.92 Å². The molecule has 0 aromatic heterocycles. The third-order valence-electron chi connectivity index (χ3n) is 2.42. The van der Waals surface area contributed by atoms with Crippen molar-refractivity contribution in [3.05, 3.63) is 0 Å². The minimum absolute atomic E-state index is 0.0906.